The van der Waals surface area contributed by atoms with Crippen molar-refractivity contribution in [2.75, 3.05) is 5.75 Å². The Hall–Kier alpha value is -2.52. The van der Waals surface area contributed by atoms with Crippen molar-refractivity contribution in [3.8, 4) is 0 Å². The minimum absolute atomic E-state index is 0.0793. The number of aliphatic carboxylic acids is 1. The van der Waals surface area contributed by atoms with Gasteiger partial charge in [0.25, 0.3) is 0 Å². The zero-order valence-corrected chi connectivity index (χ0v) is 17.4. The summed E-state index contributed by atoms with van der Waals surface area (Å²) in [6.07, 6.45) is 2.25. The minimum atomic E-state index is -1.11. The molecule has 158 valence electrons. The molecule has 0 saturated carbocycles. The summed E-state index contributed by atoms with van der Waals surface area (Å²) < 4.78 is 0. The van der Waals surface area contributed by atoms with E-state index < -0.39 is 35.9 Å². The predicted molar refractivity (Wildman–Crippen MR) is 115 cm³/mol. The molecule has 2 aromatic rings. The summed E-state index contributed by atoms with van der Waals surface area (Å²) in [6, 6.07) is 4.71. The zero-order valence-electron chi connectivity index (χ0n) is 16.5. The third-order valence-corrected chi connectivity index (χ3v) is 4.98. The van der Waals surface area contributed by atoms with Gasteiger partial charge in [-0.3, -0.25) is 9.59 Å². The Balaban J connectivity index is 2.24. The molecule has 0 fully saturated rings. The number of thiol groups is 1. The van der Waals surface area contributed by atoms with E-state index in [2.05, 4.69) is 28.2 Å². The number of hydrogen-bond acceptors (Lipinski definition) is 5. The van der Waals surface area contributed by atoms with Crippen LogP contribution in [0.25, 0.3) is 10.9 Å². The number of hydrogen-bond donors (Lipinski definition) is 6. The van der Waals surface area contributed by atoms with Crippen molar-refractivity contribution in [2.45, 2.75) is 44.8 Å². The van der Waals surface area contributed by atoms with Gasteiger partial charge in [0, 0.05) is 29.3 Å². The second-order valence-electron chi connectivity index (χ2n) is 7.44. The number of nitrogens with one attached hydrogen (secondary N) is 3. The van der Waals surface area contributed by atoms with Crippen LogP contribution in [-0.4, -0.2) is 51.8 Å². The SMILES string of the molecule is CC(C)C[C@H](NC(=O)[C@H](Cc1c[nH]c2ccccc12)NC(=O)[C@@H](N)CS)C(=O)O. The van der Waals surface area contributed by atoms with Crippen LogP contribution in [0.4, 0.5) is 0 Å². The molecule has 0 radical (unpaired) electrons. The second-order valence-corrected chi connectivity index (χ2v) is 7.81. The van der Waals surface area contributed by atoms with E-state index in [0.717, 1.165) is 16.5 Å². The number of aromatic nitrogens is 1. The molecule has 6 N–H and O–H groups in total. The summed E-state index contributed by atoms with van der Waals surface area (Å²) in [6.45, 7) is 3.75. The predicted octanol–water partition coefficient (Wildman–Crippen LogP) is 1.07. The lowest BCUT2D eigenvalue weighted by Gasteiger charge is -2.23. The van der Waals surface area contributed by atoms with E-state index in [1.807, 2.05) is 38.1 Å². The van der Waals surface area contributed by atoms with Crippen molar-refractivity contribution in [2.24, 2.45) is 11.7 Å². The molecule has 29 heavy (non-hydrogen) atoms. The number of H-pyrrole nitrogens is 1. The van der Waals surface area contributed by atoms with Gasteiger partial charge in [0.1, 0.15) is 12.1 Å². The normalized spacial score (nSPS) is 14.4. The Morgan fingerprint density at radius 3 is 2.41 bits per heavy atom. The highest BCUT2D eigenvalue weighted by atomic mass is 32.1. The monoisotopic (exact) mass is 420 g/mol. The molecule has 9 heteroatoms. The number of para-hydroxylation sites is 1. The van der Waals surface area contributed by atoms with Gasteiger partial charge in [-0.1, -0.05) is 32.0 Å². The Morgan fingerprint density at radius 1 is 1.14 bits per heavy atom. The van der Waals surface area contributed by atoms with Gasteiger partial charge in [-0.05, 0) is 24.0 Å². The number of carbonyl (C=O) groups is 3. The van der Waals surface area contributed by atoms with Crippen molar-refractivity contribution < 1.29 is 19.5 Å². The van der Waals surface area contributed by atoms with Crippen LogP contribution in [-0.2, 0) is 20.8 Å². The first-order valence-electron chi connectivity index (χ1n) is 9.47. The van der Waals surface area contributed by atoms with E-state index in [9.17, 15) is 19.5 Å². The number of aromatic amines is 1. The topological polar surface area (TPSA) is 137 Å². The van der Waals surface area contributed by atoms with Crippen molar-refractivity contribution in [1.82, 2.24) is 15.6 Å². The fraction of sp³-hybridized carbons (Fsp3) is 0.450. The summed E-state index contributed by atoms with van der Waals surface area (Å²) >= 11 is 4.02. The van der Waals surface area contributed by atoms with Gasteiger partial charge in [0.05, 0.1) is 6.04 Å². The van der Waals surface area contributed by atoms with Gasteiger partial charge in [0.2, 0.25) is 11.8 Å². The van der Waals surface area contributed by atoms with Crippen LogP contribution < -0.4 is 16.4 Å². The van der Waals surface area contributed by atoms with Crippen LogP contribution in [0.3, 0.4) is 0 Å². The molecule has 8 nitrogen and oxygen atoms in total. The highest BCUT2D eigenvalue weighted by Gasteiger charge is 2.29. The number of nitrogens with two attached hydrogens (primary N) is 1. The quantitative estimate of drug-likeness (QED) is 0.319. The number of rotatable bonds is 10. The van der Waals surface area contributed by atoms with E-state index in [4.69, 9.17) is 5.73 Å². The average molecular weight is 421 g/mol. The van der Waals surface area contributed by atoms with Crippen LogP contribution in [0.2, 0.25) is 0 Å². The minimum Gasteiger partial charge on any atom is -0.480 e. The van der Waals surface area contributed by atoms with Crippen LogP contribution in [0.15, 0.2) is 30.5 Å². The molecule has 0 bridgehead atoms. The fourth-order valence-corrected chi connectivity index (χ4v) is 3.22. The maximum absolute atomic E-state index is 12.9. The van der Waals surface area contributed by atoms with Gasteiger partial charge in [-0.25, -0.2) is 4.79 Å². The highest BCUT2D eigenvalue weighted by Crippen LogP contribution is 2.19. The number of fused-ring (bicyclic) bond motifs is 1. The smallest absolute Gasteiger partial charge is 0.326 e. The van der Waals surface area contributed by atoms with Gasteiger partial charge >= 0.3 is 5.97 Å². The zero-order chi connectivity index (χ0) is 21.6. The van der Waals surface area contributed by atoms with Crippen molar-refractivity contribution in [1.29, 1.82) is 0 Å². The summed E-state index contributed by atoms with van der Waals surface area (Å²) in [5.74, 6) is -2.00. The maximum atomic E-state index is 12.9. The third kappa shape index (κ3) is 6.23. The van der Waals surface area contributed by atoms with Crippen molar-refractivity contribution in [3.05, 3.63) is 36.0 Å². The molecule has 0 spiro atoms. The molecule has 1 heterocycles. The Morgan fingerprint density at radius 2 is 1.79 bits per heavy atom. The third-order valence-electron chi connectivity index (χ3n) is 4.59. The fourth-order valence-electron chi connectivity index (χ4n) is 3.06. The lowest BCUT2D eigenvalue weighted by Crippen LogP contribution is -2.55. The largest absolute Gasteiger partial charge is 0.480 e. The Labute approximate surface area is 175 Å². The number of carbonyl (C=O) groups excluding carboxylic acids is 2. The van der Waals surface area contributed by atoms with Gasteiger partial charge < -0.3 is 26.5 Å². The molecule has 2 rings (SSSR count). The molecular formula is C20H28N4O4S. The molecule has 0 unspecified atom stereocenters. The summed E-state index contributed by atoms with van der Waals surface area (Å²) in [4.78, 5) is 39.8. The molecule has 0 aliphatic carbocycles. The van der Waals surface area contributed by atoms with Crippen LogP contribution in [0, 0.1) is 5.92 Å². The number of carboxylic acids is 1. The summed E-state index contributed by atoms with van der Waals surface area (Å²) in [5.41, 5.74) is 7.46. The van der Waals surface area contributed by atoms with E-state index in [0.29, 0.717) is 0 Å². The molecule has 1 aromatic heterocycles. The molecule has 1 aromatic carbocycles. The molecular weight excluding hydrogens is 392 g/mol. The van der Waals surface area contributed by atoms with E-state index in [1.54, 1.807) is 6.20 Å². The second kappa shape index (κ2) is 10.3. The first-order chi connectivity index (χ1) is 13.7. The van der Waals surface area contributed by atoms with Crippen LogP contribution in [0.5, 0.6) is 0 Å². The van der Waals surface area contributed by atoms with Gasteiger partial charge in [-0.15, -0.1) is 0 Å². The Bertz CT molecular complexity index is 867. The van der Waals surface area contributed by atoms with Gasteiger partial charge in [-0.2, -0.15) is 12.6 Å². The summed E-state index contributed by atoms with van der Waals surface area (Å²) in [5, 5.41) is 15.5. The maximum Gasteiger partial charge on any atom is 0.326 e. The molecule has 2 amide bonds. The molecule has 3 atom stereocenters. The van der Waals surface area contributed by atoms with Crippen molar-refractivity contribution in [3.63, 3.8) is 0 Å². The number of benzene rings is 1. The summed E-state index contributed by atoms with van der Waals surface area (Å²) in [7, 11) is 0. The Kier molecular flexibility index (Phi) is 8.10. The lowest BCUT2D eigenvalue weighted by atomic mass is 10.0. The van der Waals surface area contributed by atoms with Gasteiger partial charge in [0.15, 0.2) is 0 Å². The highest BCUT2D eigenvalue weighted by molar-refractivity contribution is 7.80. The van der Waals surface area contributed by atoms with E-state index in [-0.39, 0.29) is 24.5 Å². The molecule has 0 aliphatic heterocycles. The standard InChI is InChI=1S/C20H28N4O4S/c1-11(2)7-17(20(27)28)24-19(26)16(23-18(25)14(21)10-29)8-12-9-22-15-6-4-3-5-13(12)15/h3-6,9,11,14,16-17,22,29H,7-8,10,21H2,1-2H3,(H,23,25)(H,24,26)(H,27,28)/t14-,16-,17-/m0/s1. The first kappa shape index (κ1) is 22.8. The van der Waals surface area contributed by atoms with Crippen LogP contribution >= 0.6 is 12.6 Å². The lowest BCUT2D eigenvalue weighted by molar-refractivity contribution is -0.142. The van der Waals surface area contributed by atoms with Crippen molar-refractivity contribution >= 4 is 41.3 Å². The molecule has 0 saturated heterocycles. The van der Waals surface area contributed by atoms with E-state index in [1.165, 1.54) is 0 Å². The first-order valence-corrected chi connectivity index (χ1v) is 10.1. The number of carboxylic acid groups (broad SMARTS) is 1. The average Bonchev–Trinajstić information content (AvgIpc) is 3.08. The van der Waals surface area contributed by atoms with Crippen LogP contribution in [0.1, 0.15) is 25.8 Å². The van der Waals surface area contributed by atoms with E-state index >= 15 is 0 Å². The molecule has 0 aliphatic rings. The number of amides is 2.